The Hall–Kier alpha value is -1.62. The van der Waals surface area contributed by atoms with E-state index in [1.54, 1.807) is 7.05 Å². The van der Waals surface area contributed by atoms with Crippen molar-refractivity contribution in [1.82, 2.24) is 15.7 Å². The number of guanidine groups is 1. The van der Waals surface area contributed by atoms with Gasteiger partial charge in [-0.3, -0.25) is 15.4 Å². The maximum absolute atomic E-state index is 5.21. The minimum absolute atomic E-state index is 0.561. The van der Waals surface area contributed by atoms with E-state index < -0.39 is 0 Å². The van der Waals surface area contributed by atoms with Gasteiger partial charge in [-0.25, -0.2) is 5.84 Å². The van der Waals surface area contributed by atoms with Crippen LogP contribution < -0.4 is 16.6 Å². The summed E-state index contributed by atoms with van der Waals surface area (Å²) in [6, 6.07) is 3.98. The van der Waals surface area contributed by atoms with Crippen LogP contribution in [-0.4, -0.2) is 18.0 Å². The fourth-order valence-corrected chi connectivity index (χ4v) is 0.983. The Morgan fingerprint density at radius 1 is 1.57 bits per heavy atom. The van der Waals surface area contributed by atoms with Crippen LogP contribution in [0.5, 0.6) is 0 Å². The lowest BCUT2D eigenvalue weighted by atomic mass is 10.2. The predicted octanol–water partition coefficient (Wildman–Crippen LogP) is -0.0713. The molecule has 0 radical (unpaired) electrons. The molecular weight excluding hydrogens is 178 g/mol. The molecular formula is C9H15N5. The summed E-state index contributed by atoms with van der Waals surface area (Å²) in [7, 11) is 1.66. The summed E-state index contributed by atoms with van der Waals surface area (Å²) in [5, 5.41) is 3.03. The highest BCUT2D eigenvalue weighted by molar-refractivity contribution is 5.78. The van der Waals surface area contributed by atoms with E-state index in [0.717, 1.165) is 11.3 Å². The van der Waals surface area contributed by atoms with Crippen LogP contribution in [0.2, 0.25) is 0 Å². The maximum atomic E-state index is 5.21. The Labute approximate surface area is 83.4 Å². The summed E-state index contributed by atoms with van der Waals surface area (Å²) in [6.45, 7) is 2.61. The van der Waals surface area contributed by atoms with E-state index in [0.29, 0.717) is 12.5 Å². The molecule has 0 aliphatic rings. The summed E-state index contributed by atoms with van der Waals surface area (Å²) in [5.41, 5.74) is 4.55. The van der Waals surface area contributed by atoms with Crippen molar-refractivity contribution in [3.05, 3.63) is 29.6 Å². The average molecular weight is 193 g/mol. The van der Waals surface area contributed by atoms with E-state index >= 15 is 0 Å². The van der Waals surface area contributed by atoms with Gasteiger partial charge in [0.1, 0.15) is 0 Å². The third-order valence-corrected chi connectivity index (χ3v) is 1.79. The molecule has 0 aromatic carbocycles. The fraction of sp³-hybridized carbons (Fsp3) is 0.333. The first-order chi connectivity index (χ1) is 6.76. The van der Waals surface area contributed by atoms with Crippen molar-refractivity contribution in [2.24, 2.45) is 10.8 Å². The predicted molar refractivity (Wildman–Crippen MR) is 56.5 cm³/mol. The summed E-state index contributed by atoms with van der Waals surface area (Å²) in [4.78, 5) is 8.07. The SMILES string of the molecule is CN=C(NN)NCc1ccc(C)nc1. The number of aryl methyl sites for hydroxylation is 1. The van der Waals surface area contributed by atoms with E-state index in [9.17, 15) is 0 Å². The lowest BCUT2D eigenvalue weighted by Gasteiger charge is -2.07. The third kappa shape index (κ3) is 3.02. The van der Waals surface area contributed by atoms with Crippen LogP contribution in [0.4, 0.5) is 0 Å². The van der Waals surface area contributed by atoms with E-state index in [-0.39, 0.29) is 0 Å². The summed E-state index contributed by atoms with van der Waals surface area (Å²) >= 11 is 0. The topological polar surface area (TPSA) is 75.3 Å². The highest BCUT2D eigenvalue weighted by Crippen LogP contribution is 1.97. The first-order valence-electron chi connectivity index (χ1n) is 4.35. The van der Waals surface area contributed by atoms with Crippen molar-refractivity contribution in [2.45, 2.75) is 13.5 Å². The number of hydrogen-bond donors (Lipinski definition) is 3. The first-order valence-corrected chi connectivity index (χ1v) is 4.35. The molecule has 76 valence electrons. The molecule has 0 aliphatic carbocycles. The molecule has 0 aliphatic heterocycles. The largest absolute Gasteiger partial charge is 0.351 e. The number of nitrogens with zero attached hydrogens (tertiary/aromatic N) is 2. The van der Waals surface area contributed by atoms with Gasteiger partial charge in [0.25, 0.3) is 0 Å². The zero-order chi connectivity index (χ0) is 10.4. The molecule has 0 saturated carbocycles. The standard InChI is InChI=1S/C9H15N5/c1-7-3-4-8(5-12-7)6-13-9(11-2)14-10/h3-5H,6,10H2,1-2H3,(H2,11,13,14). The van der Waals surface area contributed by atoms with Gasteiger partial charge in [0, 0.05) is 25.5 Å². The molecule has 0 atom stereocenters. The van der Waals surface area contributed by atoms with Crippen molar-refractivity contribution in [3.63, 3.8) is 0 Å². The zero-order valence-electron chi connectivity index (χ0n) is 8.41. The number of nitrogens with one attached hydrogen (secondary N) is 2. The molecule has 0 amide bonds. The van der Waals surface area contributed by atoms with Gasteiger partial charge in [-0.2, -0.15) is 0 Å². The van der Waals surface area contributed by atoms with E-state index in [1.165, 1.54) is 0 Å². The van der Waals surface area contributed by atoms with Crippen molar-refractivity contribution >= 4 is 5.96 Å². The monoisotopic (exact) mass is 193 g/mol. The normalized spacial score (nSPS) is 11.2. The van der Waals surface area contributed by atoms with E-state index in [2.05, 4.69) is 20.7 Å². The second-order valence-electron chi connectivity index (χ2n) is 2.88. The number of nitrogens with two attached hydrogens (primary N) is 1. The second kappa shape index (κ2) is 5.18. The molecule has 1 aromatic rings. The number of aliphatic imine (C=N–C) groups is 1. The highest BCUT2D eigenvalue weighted by atomic mass is 15.3. The van der Waals surface area contributed by atoms with Crippen LogP contribution in [0.3, 0.4) is 0 Å². The minimum atomic E-state index is 0.561. The average Bonchev–Trinajstić information content (AvgIpc) is 2.22. The van der Waals surface area contributed by atoms with Gasteiger partial charge >= 0.3 is 0 Å². The van der Waals surface area contributed by atoms with Gasteiger partial charge in [0.2, 0.25) is 5.96 Å². The Balaban J connectivity index is 2.49. The van der Waals surface area contributed by atoms with E-state index in [1.807, 2.05) is 25.3 Å². The van der Waals surface area contributed by atoms with Gasteiger partial charge in [0.05, 0.1) is 0 Å². The molecule has 0 saturated heterocycles. The van der Waals surface area contributed by atoms with Gasteiger partial charge in [0.15, 0.2) is 0 Å². The van der Waals surface area contributed by atoms with Gasteiger partial charge in [-0.15, -0.1) is 0 Å². The molecule has 0 fully saturated rings. The molecule has 1 aromatic heterocycles. The van der Waals surface area contributed by atoms with Crippen molar-refractivity contribution in [3.8, 4) is 0 Å². The minimum Gasteiger partial charge on any atom is -0.351 e. The van der Waals surface area contributed by atoms with Crippen molar-refractivity contribution < 1.29 is 0 Å². The summed E-state index contributed by atoms with van der Waals surface area (Å²) in [6.07, 6.45) is 1.83. The Kier molecular flexibility index (Phi) is 3.87. The van der Waals surface area contributed by atoms with Crippen molar-refractivity contribution in [1.29, 1.82) is 0 Å². The molecule has 1 heterocycles. The Bertz CT molecular complexity index is 303. The number of rotatable bonds is 2. The molecule has 0 spiro atoms. The van der Waals surface area contributed by atoms with Gasteiger partial charge < -0.3 is 5.32 Å². The van der Waals surface area contributed by atoms with Gasteiger partial charge in [-0.1, -0.05) is 6.07 Å². The lowest BCUT2D eigenvalue weighted by molar-refractivity contribution is 0.835. The first kappa shape index (κ1) is 10.5. The van der Waals surface area contributed by atoms with Crippen LogP contribution in [0.25, 0.3) is 0 Å². The fourth-order valence-electron chi connectivity index (χ4n) is 0.983. The summed E-state index contributed by atoms with van der Waals surface area (Å²) < 4.78 is 0. The molecule has 5 heteroatoms. The molecule has 1 rings (SSSR count). The molecule has 14 heavy (non-hydrogen) atoms. The molecule has 4 N–H and O–H groups in total. The van der Waals surface area contributed by atoms with Crippen LogP contribution in [0, 0.1) is 6.92 Å². The van der Waals surface area contributed by atoms with Crippen LogP contribution >= 0.6 is 0 Å². The smallest absolute Gasteiger partial charge is 0.205 e. The number of pyridine rings is 1. The maximum Gasteiger partial charge on any atom is 0.205 e. The van der Waals surface area contributed by atoms with Crippen LogP contribution in [-0.2, 0) is 6.54 Å². The Morgan fingerprint density at radius 2 is 2.36 bits per heavy atom. The zero-order valence-corrected chi connectivity index (χ0v) is 8.41. The molecule has 0 unspecified atom stereocenters. The lowest BCUT2D eigenvalue weighted by Crippen LogP contribution is -2.41. The van der Waals surface area contributed by atoms with Crippen LogP contribution in [0.1, 0.15) is 11.3 Å². The molecule has 5 nitrogen and oxygen atoms in total. The molecule has 0 bridgehead atoms. The summed E-state index contributed by atoms with van der Waals surface area (Å²) in [5.74, 6) is 5.77. The quantitative estimate of drug-likeness (QED) is 0.266. The number of aromatic nitrogens is 1. The number of hydrazine groups is 1. The second-order valence-corrected chi connectivity index (χ2v) is 2.88. The van der Waals surface area contributed by atoms with Crippen molar-refractivity contribution in [2.75, 3.05) is 7.05 Å². The third-order valence-electron chi connectivity index (χ3n) is 1.79. The number of hydrogen-bond acceptors (Lipinski definition) is 3. The Morgan fingerprint density at radius 3 is 2.86 bits per heavy atom. The van der Waals surface area contributed by atoms with E-state index in [4.69, 9.17) is 5.84 Å². The highest BCUT2D eigenvalue weighted by Gasteiger charge is 1.95. The van der Waals surface area contributed by atoms with Gasteiger partial charge in [-0.05, 0) is 18.6 Å². The van der Waals surface area contributed by atoms with Crippen LogP contribution in [0.15, 0.2) is 23.3 Å².